The quantitative estimate of drug-likeness (QED) is 0.445. The van der Waals surface area contributed by atoms with Crippen LogP contribution in [-0.2, 0) is 24.8 Å². The van der Waals surface area contributed by atoms with Gasteiger partial charge in [-0.15, -0.1) is 0 Å². The van der Waals surface area contributed by atoms with E-state index in [1.807, 2.05) is 0 Å². The normalized spacial score (nSPS) is 12.5. The monoisotopic (exact) mass is 521 g/mol. The highest BCUT2D eigenvalue weighted by molar-refractivity contribution is 7.92. The highest BCUT2D eigenvalue weighted by Gasteiger charge is 2.29. The lowest BCUT2D eigenvalue weighted by Crippen LogP contribution is -2.45. The molecule has 1 atom stereocenters. The summed E-state index contributed by atoms with van der Waals surface area (Å²) in [4.78, 5) is 12.8. The van der Waals surface area contributed by atoms with Gasteiger partial charge in [0.2, 0.25) is 15.9 Å². The average molecular weight is 522 g/mol. The second kappa shape index (κ2) is 10.3. The van der Waals surface area contributed by atoms with E-state index in [0.29, 0.717) is 5.75 Å². The molecule has 0 fully saturated rings. The number of rotatable bonds is 9. The van der Waals surface area contributed by atoms with Gasteiger partial charge in [0.15, 0.2) is 0 Å². The van der Waals surface area contributed by atoms with E-state index >= 15 is 0 Å². The lowest BCUT2D eigenvalue weighted by atomic mass is 10.2. The number of amides is 1. The minimum Gasteiger partial charge on any atom is -0.497 e. The molecular formula is C23H24FN3O6S2. The van der Waals surface area contributed by atoms with Crippen molar-refractivity contribution in [1.82, 2.24) is 0 Å². The van der Waals surface area contributed by atoms with Gasteiger partial charge in [-0.25, -0.2) is 21.2 Å². The summed E-state index contributed by atoms with van der Waals surface area (Å²) in [6, 6.07) is 15.3. The van der Waals surface area contributed by atoms with E-state index in [1.165, 1.54) is 62.6 Å². The Balaban J connectivity index is 1.75. The summed E-state index contributed by atoms with van der Waals surface area (Å²) < 4.78 is 71.4. The number of hydrogen-bond donors (Lipinski definition) is 2. The number of hydrogen-bond acceptors (Lipinski definition) is 6. The van der Waals surface area contributed by atoms with E-state index in [-0.39, 0.29) is 22.0 Å². The third kappa shape index (κ3) is 6.49. The molecule has 3 aromatic carbocycles. The Hall–Kier alpha value is -3.64. The number of nitrogens with zero attached hydrogens (tertiary/aromatic N) is 1. The summed E-state index contributed by atoms with van der Waals surface area (Å²) in [7, 11) is -6.28. The minimum atomic E-state index is -3.95. The van der Waals surface area contributed by atoms with E-state index < -0.39 is 37.8 Å². The van der Waals surface area contributed by atoms with Crippen LogP contribution in [0.4, 0.5) is 21.5 Å². The van der Waals surface area contributed by atoms with Gasteiger partial charge in [0.25, 0.3) is 10.0 Å². The van der Waals surface area contributed by atoms with Crippen LogP contribution in [0, 0.1) is 5.82 Å². The molecule has 0 saturated carbocycles. The second-order valence-corrected chi connectivity index (χ2v) is 11.1. The standard InChI is InChI=1S/C23H24FN3O6S2/c1-16(27(34(3,29)30)20-10-12-21(33-2)13-11-20)23(28)25-18-8-14-22(15-9-18)35(31,32)26-19-6-4-17(24)5-7-19/h4-16,26H,1-3H3,(H,25,28)/t16-/m0/s1. The van der Waals surface area contributed by atoms with Crippen LogP contribution in [0.15, 0.2) is 77.7 Å². The van der Waals surface area contributed by atoms with Gasteiger partial charge < -0.3 is 10.1 Å². The Bertz CT molecular complexity index is 1390. The van der Waals surface area contributed by atoms with Gasteiger partial charge in [-0.3, -0.25) is 13.8 Å². The number of anilines is 3. The maximum atomic E-state index is 13.0. The van der Waals surface area contributed by atoms with Crippen molar-refractivity contribution in [2.24, 2.45) is 0 Å². The predicted molar refractivity (Wildman–Crippen MR) is 132 cm³/mol. The molecule has 0 aliphatic rings. The van der Waals surface area contributed by atoms with Crippen LogP contribution < -0.4 is 19.1 Å². The lowest BCUT2D eigenvalue weighted by molar-refractivity contribution is -0.116. The Labute approximate surface area is 203 Å². The number of halogens is 1. The van der Waals surface area contributed by atoms with Gasteiger partial charge in [-0.2, -0.15) is 0 Å². The van der Waals surface area contributed by atoms with Gasteiger partial charge in [0.1, 0.15) is 17.6 Å². The Morgan fingerprint density at radius 3 is 1.94 bits per heavy atom. The SMILES string of the molecule is COc1ccc(N([C@@H](C)C(=O)Nc2ccc(S(=O)(=O)Nc3ccc(F)cc3)cc2)S(C)(=O)=O)cc1. The summed E-state index contributed by atoms with van der Waals surface area (Å²) >= 11 is 0. The maximum absolute atomic E-state index is 13.0. The molecule has 0 saturated heterocycles. The summed E-state index contributed by atoms with van der Waals surface area (Å²) in [5, 5.41) is 2.59. The van der Waals surface area contributed by atoms with Crippen molar-refractivity contribution < 1.29 is 30.8 Å². The number of methoxy groups -OCH3 is 1. The fourth-order valence-corrected chi connectivity index (χ4v) is 5.47. The van der Waals surface area contributed by atoms with Crippen LogP contribution in [0.1, 0.15) is 6.92 Å². The first-order chi connectivity index (χ1) is 16.4. The summed E-state index contributed by atoms with van der Waals surface area (Å²) in [5.41, 5.74) is 0.743. The first kappa shape index (κ1) is 26.0. The molecule has 0 unspecified atom stereocenters. The molecule has 0 aromatic heterocycles. The molecular weight excluding hydrogens is 497 g/mol. The van der Waals surface area contributed by atoms with Crippen LogP contribution in [0.25, 0.3) is 0 Å². The zero-order chi connectivity index (χ0) is 25.8. The minimum absolute atomic E-state index is 0.0798. The first-order valence-electron chi connectivity index (χ1n) is 10.2. The van der Waals surface area contributed by atoms with Crippen molar-refractivity contribution in [2.75, 3.05) is 27.7 Å². The molecule has 0 heterocycles. The molecule has 0 aliphatic carbocycles. The second-order valence-electron chi connectivity index (χ2n) is 7.56. The van der Waals surface area contributed by atoms with Crippen molar-refractivity contribution >= 4 is 43.0 Å². The van der Waals surface area contributed by atoms with Gasteiger partial charge >= 0.3 is 0 Å². The smallest absolute Gasteiger partial charge is 0.261 e. The number of benzene rings is 3. The molecule has 0 spiro atoms. The lowest BCUT2D eigenvalue weighted by Gasteiger charge is -2.28. The number of ether oxygens (including phenoxy) is 1. The summed E-state index contributed by atoms with van der Waals surface area (Å²) in [6.07, 6.45) is 0.995. The van der Waals surface area contributed by atoms with E-state index in [4.69, 9.17) is 4.74 Å². The van der Waals surface area contributed by atoms with Crippen molar-refractivity contribution in [3.05, 3.63) is 78.6 Å². The molecule has 12 heteroatoms. The van der Waals surface area contributed by atoms with E-state index in [2.05, 4.69) is 10.0 Å². The number of sulfonamides is 2. The Morgan fingerprint density at radius 2 is 1.43 bits per heavy atom. The number of carbonyl (C=O) groups excluding carboxylic acids is 1. The van der Waals surface area contributed by atoms with Crippen molar-refractivity contribution in [1.29, 1.82) is 0 Å². The molecule has 0 bridgehead atoms. The molecule has 1 amide bonds. The molecule has 186 valence electrons. The summed E-state index contributed by atoms with van der Waals surface area (Å²) in [5.74, 6) is -0.585. The van der Waals surface area contributed by atoms with Crippen molar-refractivity contribution in [3.8, 4) is 5.75 Å². The summed E-state index contributed by atoms with van der Waals surface area (Å²) in [6.45, 7) is 1.44. The van der Waals surface area contributed by atoms with Crippen molar-refractivity contribution in [3.63, 3.8) is 0 Å². The van der Waals surface area contributed by atoms with Gasteiger partial charge in [0.05, 0.1) is 23.9 Å². The predicted octanol–water partition coefficient (Wildman–Crippen LogP) is 3.43. The molecule has 9 nitrogen and oxygen atoms in total. The van der Waals surface area contributed by atoms with E-state index in [1.54, 1.807) is 12.1 Å². The van der Waals surface area contributed by atoms with Gasteiger partial charge in [-0.05, 0) is 79.7 Å². The van der Waals surface area contributed by atoms with Crippen LogP contribution in [0.5, 0.6) is 5.75 Å². The molecule has 0 aliphatic heterocycles. The zero-order valence-corrected chi connectivity index (χ0v) is 20.7. The van der Waals surface area contributed by atoms with Crippen LogP contribution in [0.2, 0.25) is 0 Å². The molecule has 3 rings (SSSR count). The fourth-order valence-electron chi connectivity index (χ4n) is 3.23. The highest BCUT2D eigenvalue weighted by atomic mass is 32.2. The van der Waals surface area contributed by atoms with Crippen LogP contribution in [0.3, 0.4) is 0 Å². The van der Waals surface area contributed by atoms with Crippen LogP contribution >= 0.6 is 0 Å². The Kier molecular flexibility index (Phi) is 7.66. The number of nitrogens with one attached hydrogen (secondary N) is 2. The zero-order valence-electron chi connectivity index (χ0n) is 19.1. The average Bonchev–Trinajstić information content (AvgIpc) is 2.80. The van der Waals surface area contributed by atoms with Crippen molar-refractivity contribution in [2.45, 2.75) is 17.9 Å². The molecule has 2 N–H and O–H groups in total. The van der Waals surface area contributed by atoms with Crippen LogP contribution in [-0.4, -0.2) is 42.2 Å². The Morgan fingerprint density at radius 1 is 0.886 bits per heavy atom. The van der Waals surface area contributed by atoms with E-state index in [9.17, 15) is 26.0 Å². The molecule has 0 radical (unpaired) electrons. The highest BCUT2D eigenvalue weighted by Crippen LogP contribution is 2.25. The third-order valence-corrected chi connectivity index (χ3v) is 7.58. The molecule has 3 aromatic rings. The molecule has 35 heavy (non-hydrogen) atoms. The first-order valence-corrected chi connectivity index (χ1v) is 13.6. The van der Waals surface area contributed by atoms with Gasteiger partial charge in [0, 0.05) is 11.4 Å². The van der Waals surface area contributed by atoms with Gasteiger partial charge in [-0.1, -0.05) is 0 Å². The third-order valence-electron chi connectivity index (χ3n) is 4.94. The van der Waals surface area contributed by atoms with E-state index in [0.717, 1.165) is 22.7 Å². The fraction of sp³-hybridized carbons (Fsp3) is 0.174. The maximum Gasteiger partial charge on any atom is 0.261 e. The number of carbonyl (C=O) groups is 1. The largest absolute Gasteiger partial charge is 0.497 e. The topological polar surface area (TPSA) is 122 Å².